The largest absolute Gasteiger partial charge is 0.463 e. The monoisotopic (exact) mass is 355 g/mol. The predicted molar refractivity (Wildman–Crippen MR) is 98.5 cm³/mol. The Morgan fingerprint density at radius 3 is 2.56 bits per heavy atom. The summed E-state index contributed by atoms with van der Waals surface area (Å²) >= 11 is 5.97. The molecule has 0 aliphatic heterocycles. The van der Waals surface area contributed by atoms with Gasteiger partial charge in [0.15, 0.2) is 17.8 Å². The molecule has 0 saturated heterocycles. The van der Waals surface area contributed by atoms with Gasteiger partial charge in [-0.05, 0) is 37.3 Å². The van der Waals surface area contributed by atoms with E-state index in [0.29, 0.717) is 10.7 Å². The first kappa shape index (κ1) is 17.3. The van der Waals surface area contributed by atoms with Crippen molar-refractivity contribution in [2.45, 2.75) is 19.0 Å². The van der Waals surface area contributed by atoms with Crippen LogP contribution in [0.2, 0.25) is 5.02 Å². The number of hydrogen-bond acceptors (Lipinski definition) is 2. The van der Waals surface area contributed by atoms with Gasteiger partial charge in [-0.2, -0.15) is 0 Å². The molecule has 0 spiro atoms. The van der Waals surface area contributed by atoms with Crippen LogP contribution in [0.15, 0.2) is 77.4 Å². The lowest BCUT2D eigenvalue weighted by Gasteiger charge is -2.18. The van der Waals surface area contributed by atoms with Crippen molar-refractivity contribution in [1.82, 2.24) is 0 Å². The minimum atomic E-state index is -0.311. The molecule has 0 bridgehead atoms. The number of amides is 1. The minimum absolute atomic E-state index is 0.0867. The molecule has 2 atom stereocenters. The van der Waals surface area contributed by atoms with Crippen molar-refractivity contribution in [2.75, 3.05) is 5.32 Å². The van der Waals surface area contributed by atoms with Gasteiger partial charge in [0.1, 0.15) is 0 Å². The van der Waals surface area contributed by atoms with Gasteiger partial charge < -0.3 is 15.1 Å². The topological polar surface area (TPSA) is 58.9 Å². The molecule has 25 heavy (non-hydrogen) atoms. The zero-order valence-corrected chi connectivity index (χ0v) is 14.6. The quantitative estimate of drug-likeness (QED) is 0.709. The first-order chi connectivity index (χ1) is 12.1. The summed E-state index contributed by atoms with van der Waals surface area (Å²) in [5, 5.41) is 5.48. The molecule has 3 N–H and O–H groups in total. The summed E-state index contributed by atoms with van der Waals surface area (Å²) in [5.74, 6) is 0.725. The number of furan rings is 1. The van der Waals surface area contributed by atoms with E-state index in [0.717, 1.165) is 11.3 Å². The van der Waals surface area contributed by atoms with Gasteiger partial charge in [-0.25, -0.2) is 0 Å². The molecule has 2 aromatic carbocycles. The molecular formula is C20H20ClN2O2+. The Labute approximate surface area is 151 Å². The second-order valence-corrected chi connectivity index (χ2v) is 6.32. The fourth-order valence-electron chi connectivity index (χ4n) is 2.70. The summed E-state index contributed by atoms with van der Waals surface area (Å²) in [5.41, 5.74) is 1.77. The van der Waals surface area contributed by atoms with E-state index < -0.39 is 0 Å². The smallest absolute Gasteiger partial charge is 0.282 e. The summed E-state index contributed by atoms with van der Waals surface area (Å²) < 4.78 is 5.58. The van der Waals surface area contributed by atoms with Crippen molar-refractivity contribution in [1.29, 1.82) is 0 Å². The lowest BCUT2D eigenvalue weighted by molar-refractivity contribution is -0.706. The summed E-state index contributed by atoms with van der Waals surface area (Å²) in [6.45, 7) is 1.87. The maximum atomic E-state index is 12.5. The van der Waals surface area contributed by atoms with E-state index in [1.165, 1.54) is 0 Å². The molecule has 0 unspecified atom stereocenters. The number of quaternary nitrogens is 1. The molecule has 0 aliphatic rings. The lowest BCUT2D eigenvalue weighted by Crippen LogP contribution is -2.92. The van der Waals surface area contributed by atoms with E-state index in [4.69, 9.17) is 16.0 Å². The molecule has 0 aliphatic carbocycles. The molecular weight excluding hydrogens is 336 g/mol. The molecule has 1 aromatic heterocycles. The number of anilines is 1. The first-order valence-corrected chi connectivity index (χ1v) is 8.51. The molecule has 3 rings (SSSR count). The van der Waals surface area contributed by atoms with Crippen molar-refractivity contribution in [2.24, 2.45) is 0 Å². The van der Waals surface area contributed by atoms with Crippen LogP contribution in [0.25, 0.3) is 0 Å². The van der Waals surface area contributed by atoms with E-state index in [-0.39, 0.29) is 18.0 Å². The molecule has 1 heterocycles. The number of halogens is 1. The van der Waals surface area contributed by atoms with Crippen LogP contribution in [-0.2, 0) is 4.79 Å². The number of carbonyl (C=O) groups excluding carboxylic acids is 1. The van der Waals surface area contributed by atoms with Gasteiger partial charge in [0.05, 0.1) is 6.26 Å². The standard InChI is InChI=1S/C20H19ClN2O2/c1-14(20(24)23-17-10-5-9-16(21)13-17)22-19(18-11-6-12-25-18)15-7-3-2-4-8-15/h2-14,19,22H,1H3,(H,23,24)/p+1/t14-,19+/m0/s1. The Balaban J connectivity index is 1.74. The normalized spacial score (nSPS) is 13.2. The SMILES string of the molecule is C[C@H]([NH2+][C@H](c1ccccc1)c1ccco1)C(=O)Nc1cccc(Cl)c1. The molecule has 3 aromatic rings. The maximum Gasteiger partial charge on any atom is 0.282 e. The number of hydrogen-bond donors (Lipinski definition) is 2. The van der Waals surface area contributed by atoms with Crippen LogP contribution in [0.5, 0.6) is 0 Å². The van der Waals surface area contributed by atoms with Crippen LogP contribution in [0.4, 0.5) is 5.69 Å². The third-order valence-electron chi connectivity index (χ3n) is 4.00. The third kappa shape index (κ3) is 4.50. The van der Waals surface area contributed by atoms with Crippen LogP contribution in [0.3, 0.4) is 0 Å². The second-order valence-electron chi connectivity index (χ2n) is 5.88. The number of nitrogens with two attached hydrogens (primary N) is 1. The molecule has 4 nitrogen and oxygen atoms in total. The van der Waals surface area contributed by atoms with Gasteiger partial charge in [0.2, 0.25) is 0 Å². The fourth-order valence-corrected chi connectivity index (χ4v) is 2.89. The van der Waals surface area contributed by atoms with Crippen molar-refractivity contribution in [3.8, 4) is 0 Å². The Morgan fingerprint density at radius 1 is 1.08 bits per heavy atom. The third-order valence-corrected chi connectivity index (χ3v) is 4.23. The van der Waals surface area contributed by atoms with E-state index in [2.05, 4.69) is 5.32 Å². The van der Waals surface area contributed by atoms with Crippen LogP contribution in [0.1, 0.15) is 24.3 Å². The van der Waals surface area contributed by atoms with Crippen LogP contribution in [0, 0.1) is 0 Å². The van der Waals surface area contributed by atoms with Crippen LogP contribution in [-0.4, -0.2) is 11.9 Å². The summed E-state index contributed by atoms with van der Waals surface area (Å²) in [6, 6.07) is 20.5. The Bertz CT molecular complexity index is 819. The Morgan fingerprint density at radius 2 is 1.88 bits per heavy atom. The number of benzene rings is 2. The number of nitrogens with one attached hydrogen (secondary N) is 1. The van der Waals surface area contributed by atoms with Gasteiger partial charge in [0, 0.05) is 16.3 Å². The van der Waals surface area contributed by atoms with Crippen molar-refractivity contribution < 1.29 is 14.5 Å². The Hall–Kier alpha value is -2.56. The molecule has 1 amide bonds. The highest BCUT2D eigenvalue weighted by Gasteiger charge is 2.26. The molecule has 0 fully saturated rings. The average Bonchev–Trinajstić information content (AvgIpc) is 3.14. The van der Waals surface area contributed by atoms with E-state index in [1.807, 2.05) is 66.8 Å². The van der Waals surface area contributed by atoms with E-state index in [1.54, 1.807) is 18.4 Å². The molecule has 0 radical (unpaired) electrons. The number of carbonyl (C=O) groups is 1. The second kappa shape index (κ2) is 8.01. The van der Waals surface area contributed by atoms with Crippen molar-refractivity contribution in [3.05, 3.63) is 89.3 Å². The molecule has 0 saturated carbocycles. The van der Waals surface area contributed by atoms with Crippen LogP contribution >= 0.6 is 11.6 Å². The zero-order valence-electron chi connectivity index (χ0n) is 13.9. The van der Waals surface area contributed by atoms with Gasteiger partial charge in [0.25, 0.3) is 5.91 Å². The lowest BCUT2D eigenvalue weighted by atomic mass is 10.0. The average molecular weight is 356 g/mol. The maximum absolute atomic E-state index is 12.5. The highest BCUT2D eigenvalue weighted by molar-refractivity contribution is 6.30. The minimum Gasteiger partial charge on any atom is -0.463 e. The summed E-state index contributed by atoms with van der Waals surface area (Å²) in [7, 11) is 0. The molecule has 128 valence electrons. The zero-order chi connectivity index (χ0) is 17.6. The van der Waals surface area contributed by atoms with Gasteiger partial charge in [-0.3, -0.25) is 4.79 Å². The highest BCUT2D eigenvalue weighted by Crippen LogP contribution is 2.19. The summed E-state index contributed by atoms with van der Waals surface area (Å²) in [4.78, 5) is 12.5. The highest BCUT2D eigenvalue weighted by atomic mass is 35.5. The fraction of sp³-hybridized carbons (Fsp3) is 0.150. The predicted octanol–water partition coefficient (Wildman–Crippen LogP) is 3.61. The first-order valence-electron chi connectivity index (χ1n) is 8.13. The van der Waals surface area contributed by atoms with Gasteiger partial charge >= 0.3 is 0 Å². The van der Waals surface area contributed by atoms with Crippen molar-refractivity contribution in [3.63, 3.8) is 0 Å². The number of rotatable bonds is 6. The van der Waals surface area contributed by atoms with E-state index in [9.17, 15) is 4.79 Å². The summed E-state index contributed by atoms with van der Waals surface area (Å²) in [6.07, 6.45) is 1.65. The van der Waals surface area contributed by atoms with Gasteiger partial charge in [-0.1, -0.05) is 48.0 Å². The Kier molecular flexibility index (Phi) is 5.53. The van der Waals surface area contributed by atoms with Crippen LogP contribution < -0.4 is 10.6 Å². The molecule has 5 heteroatoms. The van der Waals surface area contributed by atoms with E-state index >= 15 is 0 Å². The van der Waals surface area contributed by atoms with Crippen molar-refractivity contribution >= 4 is 23.2 Å². The van der Waals surface area contributed by atoms with Gasteiger partial charge in [-0.15, -0.1) is 0 Å².